The second-order valence-electron chi connectivity index (χ2n) is 9.73. The quantitative estimate of drug-likeness (QED) is 0.371. The van der Waals surface area contributed by atoms with Crippen LogP contribution in [0.1, 0.15) is 49.4 Å². The molecule has 0 unspecified atom stereocenters. The first-order valence-corrected chi connectivity index (χ1v) is 12.7. The molecule has 40 heavy (non-hydrogen) atoms. The molecule has 1 amide bonds. The Morgan fingerprint density at radius 2 is 1.93 bits per heavy atom. The molecule has 0 spiro atoms. The summed E-state index contributed by atoms with van der Waals surface area (Å²) >= 11 is 0. The Bertz CT molecular complexity index is 1380. The van der Waals surface area contributed by atoms with Crippen LogP contribution < -0.4 is 10.1 Å². The van der Waals surface area contributed by atoms with Gasteiger partial charge in [-0.3, -0.25) is 4.79 Å². The second-order valence-corrected chi connectivity index (χ2v) is 9.73. The molecule has 13 heteroatoms. The molecule has 1 aliphatic rings. The normalized spacial score (nSPS) is 17.0. The minimum atomic E-state index is -3.78. The van der Waals surface area contributed by atoms with E-state index in [2.05, 4.69) is 20.3 Å². The lowest BCUT2D eigenvalue weighted by molar-refractivity contribution is -0.138. The number of benzene rings is 1. The van der Waals surface area contributed by atoms with Gasteiger partial charge in [-0.1, -0.05) is 12.1 Å². The van der Waals surface area contributed by atoms with Gasteiger partial charge in [0, 0.05) is 31.3 Å². The monoisotopic (exact) mass is 565 g/mol. The van der Waals surface area contributed by atoms with E-state index in [-0.39, 0.29) is 36.0 Å². The fourth-order valence-electron chi connectivity index (χ4n) is 5.00. The Hall–Kier alpha value is -3.58. The molecule has 216 valence electrons. The first-order chi connectivity index (χ1) is 19.0. The number of ether oxygens (including phenoxy) is 2. The van der Waals surface area contributed by atoms with Crippen molar-refractivity contribution in [2.24, 2.45) is 0 Å². The number of likely N-dealkylation sites (tertiary alicyclic amines) is 1. The fraction of sp³-hybridized carbons (Fsp3) is 0.481. The molecule has 1 fully saturated rings. The van der Waals surface area contributed by atoms with Crippen LogP contribution >= 0.6 is 0 Å². The highest BCUT2D eigenvalue weighted by atomic mass is 19.3. The van der Waals surface area contributed by atoms with E-state index in [1.54, 1.807) is 13.0 Å². The van der Waals surface area contributed by atoms with Crippen LogP contribution in [-0.2, 0) is 21.1 Å². The molecule has 2 atom stereocenters. The van der Waals surface area contributed by atoms with Gasteiger partial charge in [-0.15, -0.1) is 0 Å². The lowest BCUT2D eigenvalue weighted by Crippen LogP contribution is -2.46. The minimum absolute atomic E-state index is 0.0513. The van der Waals surface area contributed by atoms with Crippen LogP contribution in [0.25, 0.3) is 11.0 Å². The van der Waals surface area contributed by atoms with Gasteiger partial charge in [0.15, 0.2) is 12.3 Å². The number of aliphatic hydroxyl groups is 1. The number of amides is 1. The number of carbonyl (C=O) groups excluding carboxylic acids is 1. The van der Waals surface area contributed by atoms with E-state index in [1.807, 2.05) is 0 Å². The summed E-state index contributed by atoms with van der Waals surface area (Å²) < 4.78 is 68.6. The van der Waals surface area contributed by atoms with Crippen molar-refractivity contribution in [3.05, 3.63) is 53.1 Å². The summed E-state index contributed by atoms with van der Waals surface area (Å²) in [6.45, 7) is 1.93. The number of rotatable bonds is 9. The van der Waals surface area contributed by atoms with Gasteiger partial charge >= 0.3 is 5.92 Å². The van der Waals surface area contributed by atoms with Crippen LogP contribution in [0.3, 0.4) is 0 Å². The molecular weight excluding hydrogens is 534 g/mol. The third-order valence-corrected chi connectivity index (χ3v) is 7.43. The number of carbonyl (C=O) groups is 1. The highest BCUT2D eigenvalue weighted by Gasteiger charge is 2.42. The fourth-order valence-corrected chi connectivity index (χ4v) is 5.00. The molecule has 1 saturated heterocycles. The van der Waals surface area contributed by atoms with Gasteiger partial charge < -0.3 is 24.8 Å². The number of piperidine rings is 1. The van der Waals surface area contributed by atoms with Crippen molar-refractivity contribution < 1.29 is 36.9 Å². The minimum Gasteiger partial charge on any atom is -0.481 e. The van der Waals surface area contributed by atoms with Crippen molar-refractivity contribution in [1.82, 2.24) is 19.9 Å². The van der Waals surface area contributed by atoms with E-state index < -0.39 is 47.6 Å². The number of nitrogens with zero attached hydrogens (tertiary/aromatic N) is 4. The number of nitrogens with one attached hydrogen (secondary N) is 1. The molecular formula is C27H31F4N5O4. The number of pyridine rings is 1. The van der Waals surface area contributed by atoms with Crippen LogP contribution in [0.15, 0.2) is 30.6 Å². The van der Waals surface area contributed by atoms with E-state index in [0.717, 1.165) is 13.0 Å². The summed E-state index contributed by atoms with van der Waals surface area (Å²) in [4.78, 5) is 26.3. The summed E-state index contributed by atoms with van der Waals surface area (Å²) in [7, 11) is 2.97. The number of fused-ring (bicyclic) bond motifs is 1. The van der Waals surface area contributed by atoms with Crippen molar-refractivity contribution in [3.8, 4) is 5.88 Å². The molecule has 3 heterocycles. The summed E-state index contributed by atoms with van der Waals surface area (Å²) in [5, 5.41) is 13.0. The molecule has 0 saturated carbocycles. The average Bonchev–Trinajstić information content (AvgIpc) is 2.96. The van der Waals surface area contributed by atoms with Crippen LogP contribution in [0.2, 0.25) is 0 Å². The Kier molecular flexibility index (Phi) is 8.45. The number of hydrogen-bond donors (Lipinski definition) is 2. The van der Waals surface area contributed by atoms with Gasteiger partial charge in [0.2, 0.25) is 5.88 Å². The highest BCUT2D eigenvalue weighted by Crippen LogP contribution is 2.42. The predicted octanol–water partition coefficient (Wildman–Crippen LogP) is 4.25. The molecule has 2 aromatic heterocycles. The summed E-state index contributed by atoms with van der Waals surface area (Å²) in [5.41, 5.74) is -1.05. The van der Waals surface area contributed by atoms with Crippen molar-refractivity contribution in [1.29, 1.82) is 0 Å². The van der Waals surface area contributed by atoms with E-state index in [1.165, 1.54) is 37.6 Å². The number of alkyl halides is 3. The summed E-state index contributed by atoms with van der Waals surface area (Å²) in [5.74, 6) is -5.01. The molecule has 1 aromatic carbocycles. The summed E-state index contributed by atoms with van der Waals surface area (Å²) in [6, 6.07) is 4.53. The summed E-state index contributed by atoms with van der Waals surface area (Å²) in [6.07, 6.45) is -0.131. The van der Waals surface area contributed by atoms with Crippen LogP contribution in [0.4, 0.5) is 23.4 Å². The Labute approximate surface area is 228 Å². The third-order valence-electron chi connectivity index (χ3n) is 7.43. The molecule has 3 aromatic rings. The smallest absolute Gasteiger partial charge is 0.301 e. The first-order valence-electron chi connectivity index (χ1n) is 12.7. The topological polar surface area (TPSA) is 110 Å². The number of aliphatic hydroxyl groups excluding tert-OH is 1. The Morgan fingerprint density at radius 3 is 2.52 bits per heavy atom. The van der Waals surface area contributed by atoms with Gasteiger partial charge in [0.05, 0.1) is 24.1 Å². The molecule has 9 nitrogen and oxygen atoms in total. The molecule has 1 aliphatic heterocycles. The Morgan fingerprint density at radius 1 is 1.23 bits per heavy atom. The number of anilines is 1. The van der Waals surface area contributed by atoms with Gasteiger partial charge in [0.25, 0.3) is 5.91 Å². The third kappa shape index (κ3) is 5.27. The number of aromatic nitrogens is 3. The van der Waals surface area contributed by atoms with E-state index in [4.69, 9.17) is 9.47 Å². The van der Waals surface area contributed by atoms with Gasteiger partial charge in [-0.2, -0.15) is 13.8 Å². The van der Waals surface area contributed by atoms with Crippen molar-refractivity contribution in [3.63, 3.8) is 0 Å². The zero-order valence-electron chi connectivity index (χ0n) is 22.5. The van der Waals surface area contributed by atoms with Crippen molar-refractivity contribution >= 4 is 22.8 Å². The molecule has 0 aliphatic carbocycles. The van der Waals surface area contributed by atoms with Crippen LogP contribution in [-0.4, -0.2) is 71.0 Å². The molecule has 2 N–H and O–H groups in total. The van der Waals surface area contributed by atoms with Crippen LogP contribution in [0, 0.1) is 5.82 Å². The SMILES string of the molecule is COc1nc2ncnc(N[C@H](C)c3cccc(C(F)(F)[C@H](C)O)c3F)c2cc1C1(OC)CCN(C(=O)CF)CC1. The van der Waals surface area contributed by atoms with Gasteiger partial charge in [-0.25, -0.2) is 18.7 Å². The molecule has 0 radical (unpaired) electrons. The van der Waals surface area contributed by atoms with Gasteiger partial charge in [-0.05, 0) is 38.8 Å². The highest BCUT2D eigenvalue weighted by molar-refractivity contribution is 5.87. The largest absolute Gasteiger partial charge is 0.481 e. The van der Waals surface area contributed by atoms with Gasteiger partial charge in [0.1, 0.15) is 29.7 Å². The predicted molar refractivity (Wildman–Crippen MR) is 138 cm³/mol. The lowest BCUT2D eigenvalue weighted by atomic mass is 9.84. The maximum absolute atomic E-state index is 15.3. The van der Waals surface area contributed by atoms with Crippen molar-refractivity contribution in [2.75, 3.05) is 39.3 Å². The lowest BCUT2D eigenvalue weighted by Gasteiger charge is -2.41. The zero-order chi connectivity index (χ0) is 29.2. The number of halogens is 4. The van der Waals surface area contributed by atoms with E-state index in [9.17, 15) is 23.1 Å². The first kappa shape index (κ1) is 29.4. The maximum Gasteiger partial charge on any atom is 0.301 e. The van der Waals surface area contributed by atoms with E-state index in [0.29, 0.717) is 23.8 Å². The number of hydrogen-bond acceptors (Lipinski definition) is 8. The molecule has 4 rings (SSSR count). The van der Waals surface area contributed by atoms with Crippen molar-refractivity contribution in [2.45, 2.75) is 50.4 Å². The van der Waals surface area contributed by atoms with E-state index >= 15 is 4.39 Å². The molecule has 0 bridgehead atoms. The number of methoxy groups -OCH3 is 2. The standard InChI is InChI=1S/C27H31F4N5O4/c1-15(17-6-5-7-19(22(17)29)27(30,31)16(2)37)34-23-18-12-20(25(39-3)35-24(18)33-14-32-23)26(40-4)8-10-36(11-9-26)21(38)13-28/h5-7,12,14-16,37H,8-11,13H2,1-4H3,(H,32,33,34,35)/t15-,16+/m1/s1. The van der Waals surface area contributed by atoms with Crippen LogP contribution in [0.5, 0.6) is 5.88 Å². The second kappa shape index (κ2) is 11.5. The Balaban J connectivity index is 1.73. The average molecular weight is 566 g/mol. The zero-order valence-corrected chi connectivity index (χ0v) is 22.5. The maximum atomic E-state index is 15.3.